The van der Waals surface area contributed by atoms with Crippen LogP contribution in [0, 0.1) is 15.9 Å². The number of ether oxygens (including phenoxy) is 2. The van der Waals surface area contributed by atoms with Gasteiger partial charge in [0, 0.05) is 24.8 Å². The third-order valence-corrected chi connectivity index (χ3v) is 3.39. The SMILES string of the molecule is COC(=O)C1(OC)CC(c2cc([N+](=O)[O-])c(F)cc2Cl)=NO1. The van der Waals surface area contributed by atoms with E-state index in [1.807, 2.05) is 0 Å². The highest BCUT2D eigenvalue weighted by Gasteiger charge is 2.49. The minimum absolute atomic E-state index is 0.0672. The van der Waals surface area contributed by atoms with Crippen LogP contribution in [0.25, 0.3) is 0 Å². The molecule has 10 heteroatoms. The second-order valence-corrected chi connectivity index (χ2v) is 4.70. The standard InChI is InChI=1S/C12H10ClFN2O6/c1-20-11(17)12(21-2)5-9(15-22-12)6-3-10(16(18)19)8(14)4-7(6)13/h3-4H,5H2,1-2H3. The fraction of sp³-hybridized carbons (Fsp3) is 0.333. The molecular weight excluding hydrogens is 323 g/mol. The van der Waals surface area contributed by atoms with Gasteiger partial charge in [0.2, 0.25) is 5.82 Å². The fourth-order valence-electron chi connectivity index (χ4n) is 1.91. The monoisotopic (exact) mass is 332 g/mol. The second kappa shape index (κ2) is 5.85. The Bertz CT molecular complexity index is 680. The topological polar surface area (TPSA) is 100 Å². The van der Waals surface area contributed by atoms with Crippen LogP contribution in [0.2, 0.25) is 5.02 Å². The zero-order valence-corrected chi connectivity index (χ0v) is 12.2. The summed E-state index contributed by atoms with van der Waals surface area (Å²) in [5, 5.41) is 14.3. The third-order valence-electron chi connectivity index (χ3n) is 3.07. The molecule has 1 aliphatic rings. The first-order chi connectivity index (χ1) is 10.3. The van der Waals surface area contributed by atoms with Gasteiger partial charge in [-0.3, -0.25) is 10.1 Å². The number of hydrogen-bond donors (Lipinski definition) is 0. The van der Waals surface area contributed by atoms with Crippen molar-refractivity contribution < 1.29 is 28.4 Å². The van der Waals surface area contributed by atoms with Crippen LogP contribution in [-0.2, 0) is 19.1 Å². The van der Waals surface area contributed by atoms with E-state index in [0.717, 1.165) is 19.2 Å². The van der Waals surface area contributed by atoms with Crippen LogP contribution in [-0.4, -0.2) is 36.6 Å². The Morgan fingerprint density at radius 3 is 2.77 bits per heavy atom. The van der Waals surface area contributed by atoms with Gasteiger partial charge in [-0.05, 0) is 0 Å². The normalized spacial score (nSPS) is 20.3. The number of oxime groups is 1. The molecule has 8 nitrogen and oxygen atoms in total. The van der Waals surface area contributed by atoms with Crippen molar-refractivity contribution in [3.63, 3.8) is 0 Å². The lowest BCUT2D eigenvalue weighted by molar-refractivity contribution is -0.387. The quantitative estimate of drug-likeness (QED) is 0.475. The summed E-state index contributed by atoms with van der Waals surface area (Å²) in [5.41, 5.74) is -0.604. The summed E-state index contributed by atoms with van der Waals surface area (Å²) >= 11 is 5.88. The van der Waals surface area contributed by atoms with E-state index in [0.29, 0.717) is 0 Å². The molecule has 22 heavy (non-hydrogen) atoms. The Morgan fingerprint density at radius 1 is 1.55 bits per heavy atom. The highest BCUT2D eigenvalue weighted by Crippen LogP contribution is 2.33. The van der Waals surface area contributed by atoms with E-state index in [1.165, 1.54) is 7.11 Å². The number of nitro benzene ring substituents is 1. The maximum absolute atomic E-state index is 13.5. The zero-order valence-electron chi connectivity index (χ0n) is 11.5. The largest absolute Gasteiger partial charge is 0.464 e. The van der Waals surface area contributed by atoms with Crippen LogP contribution in [0.3, 0.4) is 0 Å². The molecule has 0 spiro atoms. The number of nitro groups is 1. The Labute approximate surface area is 128 Å². The van der Waals surface area contributed by atoms with Gasteiger partial charge in [0.25, 0.3) is 0 Å². The fourth-order valence-corrected chi connectivity index (χ4v) is 2.17. The number of nitrogens with zero attached hydrogens (tertiary/aromatic N) is 2. The average molecular weight is 333 g/mol. The van der Waals surface area contributed by atoms with Crippen LogP contribution in [0.4, 0.5) is 10.1 Å². The molecule has 0 aromatic heterocycles. The predicted octanol–water partition coefficient (Wildman–Crippen LogP) is 2.03. The van der Waals surface area contributed by atoms with E-state index in [1.54, 1.807) is 0 Å². The lowest BCUT2D eigenvalue weighted by atomic mass is 10.0. The summed E-state index contributed by atoms with van der Waals surface area (Å²) in [5.74, 6) is -3.71. The molecule has 0 saturated carbocycles. The van der Waals surface area contributed by atoms with Crippen LogP contribution in [0.1, 0.15) is 12.0 Å². The first-order valence-corrected chi connectivity index (χ1v) is 6.25. The van der Waals surface area contributed by atoms with Crippen molar-refractivity contribution in [3.05, 3.63) is 38.7 Å². The second-order valence-electron chi connectivity index (χ2n) is 4.30. The summed E-state index contributed by atoms with van der Waals surface area (Å²) in [7, 11) is 2.35. The molecule has 1 aromatic rings. The van der Waals surface area contributed by atoms with Crippen LogP contribution in [0.15, 0.2) is 17.3 Å². The van der Waals surface area contributed by atoms with Gasteiger partial charge in [0.05, 0.1) is 29.2 Å². The Hall–Kier alpha value is -2.26. The van der Waals surface area contributed by atoms with Crippen LogP contribution < -0.4 is 0 Å². The number of hydrogen-bond acceptors (Lipinski definition) is 7. The number of benzene rings is 1. The van der Waals surface area contributed by atoms with Crippen molar-refractivity contribution in [1.82, 2.24) is 0 Å². The molecule has 0 saturated heterocycles. The summed E-state index contributed by atoms with van der Waals surface area (Å²) in [6, 6.07) is 1.71. The maximum atomic E-state index is 13.5. The molecule has 118 valence electrons. The lowest BCUT2D eigenvalue weighted by Gasteiger charge is -2.21. The highest BCUT2D eigenvalue weighted by molar-refractivity contribution is 6.34. The Kier molecular flexibility index (Phi) is 4.29. The van der Waals surface area contributed by atoms with Crippen LogP contribution >= 0.6 is 11.6 Å². The number of halogens is 2. The third kappa shape index (κ3) is 2.60. The van der Waals surface area contributed by atoms with Gasteiger partial charge in [-0.15, -0.1) is 0 Å². The van der Waals surface area contributed by atoms with Crippen molar-refractivity contribution in [1.29, 1.82) is 0 Å². The van der Waals surface area contributed by atoms with Crippen molar-refractivity contribution in [3.8, 4) is 0 Å². The van der Waals surface area contributed by atoms with Gasteiger partial charge in [-0.1, -0.05) is 16.8 Å². The Balaban J connectivity index is 2.41. The van der Waals surface area contributed by atoms with E-state index in [-0.39, 0.29) is 22.7 Å². The number of methoxy groups -OCH3 is 2. The summed E-state index contributed by atoms with van der Waals surface area (Å²) < 4.78 is 23.0. The molecule has 1 unspecified atom stereocenters. The highest BCUT2D eigenvalue weighted by atomic mass is 35.5. The minimum Gasteiger partial charge on any atom is -0.464 e. The van der Waals surface area contributed by atoms with Gasteiger partial charge >= 0.3 is 17.4 Å². The molecule has 1 atom stereocenters. The van der Waals surface area contributed by atoms with Crippen molar-refractivity contribution in [2.75, 3.05) is 14.2 Å². The number of carbonyl (C=O) groups excluding carboxylic acids is 1. The molecule has 0 amide bonds. The molecule has 0 aliphatic carbocycles. The van der Waals surface area contributed by atoms with E-state index >= 15 is 0 Å². The van der Waals surface area contributed by atoms with Gasteiger partial charge in [-0.25, -0.2) is 4.79 Å². The van der Waals surface area contributed by atoms with E-state index < -0.39 is 28.2 Å². The number of rotatable bonds is 4. The first kappa shape index (κ1) is 16.1. The molecule has 1 aliphatic heterocycles. The van der Waals surface area contributed by atoms with Gasteiger partial charge in [0.1, 0.15) is 0 Å². The lowest BCUT2D eigenvalue weighted by Crippen LogP contribution is -2.41. The van der Waals surface area contributed by atoms with Gasteiger partial charge in [-0.2, -0.15) is 4.39 Å². The molecule has 1 aromatic carbocycles. The average Bonchev–Trinajstić information content (AvgIpc) is 2.91. The van der Waals surface area contributed by atoms with Crippen LogP contribution in [0.5, 0.6) is 0 Å². The van der Waals surface area contributed by atoms with E-state index in [4.69, 9.17) is 21.2 Å². The zero-order chi connectivity index (χ0) is 16.5. The number of esters is 1. The predicted molar refractivity (Wildman–Crippen MR) is 72.1 cm³/mol. The molecule has 1 heterocycles. The summed E-state index contributed by atoms with van der Waals surface area (Å²) in [4.78, 5) is 26.6. The van der Waals surface area contributed by atoms with Crippen molar-refractivity contribution in [2.24, 2.45) is 5.16 Å². The molecular formula is C12H10ClFN2O6. The molecule has 0 bridgehead atoms. The van der Waals surface area contributed by atoms with E-state index in [2.05, 4.69) is 9.89 Å². The molecule has 0 N–H and O–H groups in total. The summed E-state index contributed by atoms with van der Waals surface area (Å²) in [6.45, 7) is 0. The van der Waals surface area contributed by atoms with E-state index in [9.17, 15) is 19.3 Å². The van der Waals surface area contributed by atoms with Gasteiger partial charge < -0.3 is 14.3 Å². The van der Waals surface area contributed by atoms with Gasteiger partial charge in [0.15, 0.2) is 0 Å². The molecule has 0 radical (unpaired) electrons. The minimum atomic E-state index is -1.80. The number of carbonyl (C=O) groups is 1. The van der Waals surface area contributed by atoms with Crippen molar-refractivity contribution >= 4 is 29.0 Å². The summed E-state index contributed by atoms with van der Waals surface area (Å²) in [6.07, 6.45) is -0.196. The smallest absolute Gasteiger partial charge is 0.382 e. The first-order valence-electron chi connectivity index (χ1n) is 5.87. The van der Waals surface area contributed by atoms with Crippen molar-refractivity contribution in [2.45, 2.75) is 12.2 Å². The maximum Gasteiger partial charge on any atom is 0.382 e. The molecule has 0 fully saturated rings. The molecule has 2 rings (SSSR count). The Morgan fingerprint density at radius 2 is 2.23 bits per heavy atom.